The van der Waals surface area contributed by atoms with Crippen LogP contribution in [0.4, 0.5) is 13.2 Å². The number of alkyl halides is 3. The molecule has 4 nitrogen and oxygen atoms in total. The van der Waals surface area contributed by atoms with Crippen LogP contribution < -0.4 is 0 Å². The van der Waals surface area contributed by atoms with Crippen LogP contribution in [0.15, 0.2) is 29.2 Å². The molecule has 1 N–H and O–H groups in total. The van der Waals surface area contributed by atoms with Gasteiger partial charge in [0.15, 0.2) is 9.84 Å². The molecule has 1 atom stereocenters. The summed E-state index contributed by atoms with van der Waals surface area (Å²) in [5, 5.41) is 10.4. The van der Waals surface area contributed by atoms with Gasteiger partial charge in [-0.1, -0.05) is 12.1 Å². The lowest BCUT2D eigenvalue weighted by Gasteiger charge is -2.30. The Hall–Kier alpha value is -1.12. The molecule has 0 aromatic heterocycles. The minimum atomic E-state index is -4.24. The molecule has 0 aliphatic carbocycles. The van der Waals surface area contributed by atoms with Crippen LogP contribution in [0.1, 0.15) is 18.9 Å². The van der Waals surface area contributed by atoms with E-state index in [9.17, 15) is 26.7 Å². The van der Waals surface area contributed by atoms with Gasteiger partial charge in [0, 0.05) is 19.3 Å². The van der Waals surface area contributed by atoms with Crippen LogP contribution in [0.5, 0.6) is 0 Å². The highest BCUT2D eigenvalue weighted by Crippen LogP contribution is 2.24. The average Bonchev–Trinajstić information content (AvgIpc) is 2.34. The number of nitrogens with zero attached hydrogens (tertiary/aromatic N) is 1. The van der Waals surface area contributed by atoms with Crippen molar-refractivity contribution in [2.75, 3.05) is 26.4 Å². The van der Waals surface area contributed by atoms with E-state index in [1.807, 2.05) is 0 Å². The predicted octanol–water partition coefficient (Wildman–Crippen LogP) is 2.18. The molecule has 0 bridgehead atoms. The molecule has 0 saturated heterocycles. The second-order valence-electron chi connectivity index (χ2n) is 5.67. The topological polar surface area (TPSA) is 57.6 Å². The van der Waals surface area contributed by atoms with Gasteiger partial charge < -0.3 is 10.0 Å². The van der Waals surface area contributed by atoms with Crippen LogP contribution in [-0.2, 0) is 15.4 Å². The Bertz CT molecular complexity index is 595. The van der Waals surface area contributed by atoms with Crippen LogP contribution in [-0.4, -0.2) is 51.0 Å². The zero-order valence-electron chi connectivity index (χ0n) is 12.7. The van der Waals surface area contributed by atoms with Gasteiger partial charge in [-0.25, -0.2) is 8.42 Å². The Balaban J connectivity index is 2.77. The second-order valence-corrected chi connectivity index (χ2v) is 7.69. The van der Waals surface area contributed by atoms with E-state index in [-0.39, 0.29) is 18.0 Å². The minimum absolute atomic E-state index is 0.00129. The van der Waals surface area contributed by atoms with Crippen molar-refractivity contribution >= 4 is 9.84 Å². The maximum atomic E-state index is 12.2. The molecule has 1 aromatic rings. The summed E-state index contributed by atoms with van der Waals surface area (Å²) in [7, 11) is -1.84. The van der Waals surface area contributed by atoms with Crippen LogP contribution in [0.25, 0.3) is 0 Å². The first-order valence-corrected chi connectivity index (χ1v) is 8.49. The van der Waals surface area contributed by atoms with E-state index in [1.54, 1.807) is 0 Å². The van der Waals surface area contributed by atoms with Crippen molar-refractivity contribution in [1.29, 1.82) is 0 Å². The number of likely N-dealkylation sites (N-methyl/N-ethyl adjacent to an activating group) is 1. The second kappa shape index (κ2) is 6.55. The van der Waals surface area contributed by atoms with Crippen molar-refractivity contribution in [2.24, 2.45) is 0 Å². The Morgan fingerprint density at radius 1 is 1.18 bits per heavy atom. The predicted molar refractivity (Wildman–Crippen MR) is 77.3 cm³/mol. The number of hydrogen-bond acceptors (Lipinski definition) is 4. The van der Waals surface area contributed by atoms with E-state index in [0.29, 0.717) is 5.56 Å². The van der Waals surface area contributed by atoms with Crippen molar-refractivity contribution < 1.29 is 26.7 Å². The summed E-state index contributed by atoms with van der Waals surface area (Å²) in [5.41, 5.74) is -0.935. The smallest absolute Gasteiger partial charge is 0.384 e. The Morgan fingerprint density at radius 3 is 2.09 bits per heavy atom. The summed E-state index contributed by atoms with van der Waals surface area (Å²) in [6.45, 7) is 1.26. The van der Waals surface area contributed by atoms with Gasteiger partial charge in [-0.2, -0.15) is 13.2 Å². The molecule has 0 aliphatic heterocycles. The zero-order valence-corrected chi connectivity index (χ0v) is 13.5. The van der Waals surface area contributed by atoms with Crippen molar-refractivity contribution in [2.45, 2.75) is 30.0 Å². The molecule has 1 unspecified atom stereocenters. The van der Waals surface area contributed by atoms with Gasteiger partial charge in [0.05, 0.1) is 16.9 Å². The fraction of sp³-hybridized carbons (Fsp3) is 0.571. The third-order valence-corrected chi connectivity index (χ3v) is 4.39. The maximum Gasteiger partial charge on any atom is 0.390 e. The lowest BCUT2D eigenvalue weighted by molar-refractivity contribution is -0.138. The van der Waals surface area contributed by atoms with Crippen molar-refractivity contribution in [1.82, 2.24) is 4.90 Å². The zero-order chi connectivity index (χ0) is 17.2. The molecule has 0 heterocycles. The number of halogens is 3. The maximum absolute atomic E-state index is 12.2. The van der Waals surface area contributed by atoms with E-state index < -0.39 is 28.0 Å². The molecule has 22 heavy (non-hydrogen) atoms. The highest BCUT2D eigenvalue weighted by atomic mass is 32.2. The van der Waals surface area contributed by atoms with E-state index in [1.165, 1.54) is 43.1 Å². The Kier molecular flexibility index (Phi) is 5.64. The van der Waals surface area contributed by atoms with Crippen LogP contribution in [0, 0.1) is 0 Å². The molecule has 0 radical (unpaired) electrons. The van der Waals surface area contributed by atoms with Crippen LogP contribution in [0.2, 0.25) is 0 Å². The lowest BCUT2D eigenvalue weighted by Crippen LogP contribution is -2.38. The van der Waals surface area contributed by atoms with E-state index in [4.69, 9.17) is 0 Å². The minimum Gasteiger partial charge on any atom is -0.384 e. The Labute approximate surface area is 128 Å². The van der Waals surface area contributed by atoms with Gasteiger partial charge in [0.1, 0.15) is 0 Å². The standard InChI is InChI=1S/C14H20F3NO3S/c1-13(19,10-18(2)9-8-14(15,16)17)11-4-6-12(7-5-11)22(3,20)21/h4-7,19H,8-10H2,1-3H3. The van der Waals surface area contributed by atoms with Gasteiger partial charge in [0.25, 0.3) is 0 Å². The van der Waals surface area contributed by atoms with Gasteiger partial charge in [-0.3, -0.25) is 0 Å². The first-order valence-electron chi connectivity index (χ1n) is 6.59. The summed E-state index contributed by atoms with van der Waals surface area (Å²) < 4.78 is 59.3. The Morgan fingerprint density at radius 2 is 1.68 bits per heavy atom. The van der Waals surface area contributed by atoms with Crippen LogP contribution in [0.3, 0.4) is 0 Å². The molecular formula is C14H20F3NO3S. The molecule has 1 rings (SSSR count). The van der Waals surface area contributed by atoms with Gasteiger partial charge in [0.2, 0.25) is 0 Å². The van der Waals surface area contributed by atoms with E-state index >= 15 is 0 Å². The van der Waals surface area contributed by atoms with E-state index in [0.717, 1.165) is 6.26 Å². The molecule has 0 fully saturated rings. The number of rotatable bonds is 6. The average molecular weight is 339 g/mol. The number of benzene rings is 1. The largest absolute Gasteiger partial charge is 0.390 e. The third-order valence-electron chi connectivity index (χ3n) is 3.26. The first kappa shape index (κ1) is 18.9. The third kappa shape index (κ3) is 5.94. The first-order chi connectivity index (χ1) is 9.81. The SMILES string of the molecule is CN(CCC(F)(F)F)CC(C)(O)c1ccc(S(C)(=O)=O)cc1. The molecule has 8 heteroatoms. The summed E-state index contributed by atoms with van der Waals surface area (Å²) >= 11 is 0. The molecule has 126 valence electrons. The van der Waals surface area contributed by atoms with Crippen molar-refractivity contribution in [3.63, 3.8) is 0 Å². The van der Waals surface area contributed by atoms with Crippen molar-refractivity contribution in [3.05, 3.63) is 29.8 Å². The normalized spacial score (nSPS) is 15.8. The van der Waals surface area contributed by atoms with Gasteiger partial charge in [-0.05, 0) is 31.7 Å². The van der Waals surface area contributed by atoms with E-state index in [2.05, 4.69) is 0 Å². The number of aliphatic hydroxyl groups is 1. The van der Waals surface area contributed by atoms with Crippen molar-refractivity contribution in [3.8, 4) is 0 Å². The molecule has 0 amide bonds. The monoisotopic (exact) mass is 339 g/mol. The van der Waals surface area contributed by atoms with Gasteiger partial charge in [-0.15, -0.1) is 0 Å². The lowest BCUT2D eigenvalue weighted by atomic mass is 9.95. The molecule has 1 aromatic carbocycles. The number of hydrogen-bond donors (Lipinski definition) is 1. The fourth-order valence-corrected chi connectivity index (χ4v) is 2.71. The highest BCUT2D eigenvalue weighted by molar-refractivity contribution is 7.90. The summed E-state index contributed by atoms with van der Waals surface area (Å²) in [4.78, 5) is 1.51. The van der Waals surface area contributed by atoms with Gasteiger partial charge >= 0.3 is 6.18 Å². The molecular weight excluding hydrogens is 319 g/mol. The summed E-state index contributed by atoms with van der Waals surface area (Å²) in [5.74, 6) is 0. The van der Waals surface area contributed by atoms with Crippen LogP contribution >= 0.6 is 0 Å². The number of sulfone groups is 1. The summed E-state index contributed by atoms with van der Waals surface area (Å²) in [6, 6.07) is 5.67. The fourth-order valence-electron chi connectivity index (χ4n) is 2.07. The molecule has 0 aliphatic rings. The summed E-state index contributed by atoms with van der Waals surface area (Å²) in [6.07, 6.45) is -4.12. The molecule has 0 saturated carbocycles. The highest BCUT2D eigenvalue weighted by Gasteiger charge is 2.30. The molecule has 0 spiro atoms. The quantitative estimate of drug-likeness (QED) is 0.863.